The number of nitrogens with zero attached hydrogens (tertiary/aromatic N) is 2. The van der Waals surface area contributed by atoms with Crippen LogP contribution in [0.4, 0.5) is 11.5 Å². The first-order valence-electron chi connectivity index (χ1n) is 5.86. The molecular weight excluding hydrogens is 262 g/mol. The zero-order valence-corrected chi connectivity index (χ0v) is 11.7. The molecule has 0 bridgehead atoms. The normalized spacial score (nSPS) is 10.3. The molecule has 2 aromatic rings. The SMILES string of the molecule is COc1cccc(N(C)Cc2cc(N)ccc2Cl)n1. The molecule has 1 heterocycles. The number of halogens is 1. The molecule has 0 saturated heterocycles. The van der Waals surface area contributed by atoms with E-state index in [9.17, 15) is 0 Å². The number of ether oxygens (including phenoxy) is 1. The number of pyridine rings is 1. The quantitative estimate of drug-likeness (QED) is 0.873. The number of hydrogen-bond acceptors (Lipinski definition) is 4. The summed E-state index contributed by atoms with van der Waals surface area (Å²) in [5, 5.41) is 0.698. The van der Waals surface area contributed by atoms with Gasteiger partial charge in [0, 0.05) is 30.4 Å². The Morgan fingerprint density at radius 3 is 2.84 bits per heavy atom. The molecule has 19 heavy (non-hydrogen) atoms. The van der Waals surface area contributed by atoms with Gasteiger partial charge in [-0.2, -0.15) is 4.98 Å². The van der Waals surface area contributed by atoms with Crippen molar-refractivity contribution in [3.8, 4) is 5.88 Å². The van der Waals surface area contributed by atoms with Crippen molar-refractivity contribution in [2.75, 3.05) is 24.8 Å². The average molecular weight is 278 g/mol. The fraction of sp³-hybridized carbons (Fsp3) is 0.214. The lowest BCUT2D eigenvalue weighted by molar-refractivity contribution is 0.398. The van der Waals surface area contributed by atoms with Gasteiger partial charge in [-0.1, -0.05) is 17.7 Å². The lowest BCUT2D eigenvalue weighted by Crippen LogP contribution is -2.18. The van der Waals surface area contributed by atoms with Gasteiger partial charge in [-0.25, -0.2) is 0 Å². The van der Waals surface area contributed by atoms with Crippen molar-refractivity contribution in [2.45, 2.75) is 6.54 Å². The number of aromatic nitrogens is 1. The molecule has 0 saturated carbocycles. The fourth-order valence-electron chi connectivity index (χ4n) is 1.78. The Labute approximate surface area is 117 Å². The molecule has 4 nitrogen and oxygen atoms in total. The van der Waals surface area contributed by atoms with E-state index in [1.54, 1.807) is 19.2 Å². The van der Waals surface area contributed by atoms with E-state index in [2.05, 4.69) is 4.98 Å². The molecule has 0 fully saturated rings. The van der Waals surface area contributed by atoms with Crippen LogP contribution in [0.2, 0.25) is 5.02 Å². The second kappa shape index (κ2) is 5.80. The van der Waals surface area contributed by atoms with Crippen LogP contribution in [0.3, 0.4) is 0 Å². The fourth-order valence-corrected chi connectivity index (χ4v) is 1.96. The minimum Gasteiger partial charge on any atom is -0.481 e. The van der Waals surface area contributed by atoms with Crippen LogP contribution in [-0.4, -0.2) is 19.1 Å². The van der Waals surface area contributed by atoms with Crippen molar-refractivity contribution in [1.82, 2.24) is 4.98 Å². The average Bonchev–Trinajstić information content (AvgIpc) is 2.43. The van der Waals surface area contributed by atoms with Crippen molar-refractivity contribution in [2.24, 2.45) is 0 Å². The van der Waals surface area contributed by atoms with Gasteiger partial charge in [-0.15, -0.1) is 0 Å². The summed E-state index contributed by atoms with van der Waals surface area (Å²) < 4.78 is 5.11. The monoisotopic (exact) mass is 277 g/mol. The minimum atomic E-state index is 0.586. The zero-order chi connectivity index (χ0) is 13.8. The van der Waals surface area contributed by atoms with Crippen LogP contribution in [0, 0.1) is 0 Å². The maximum absolute atomic E-state index is 6.16. The predicted octanol–water partition coefficient (Wildman–Crippen LogP) is 2.96. The highest BCUT2D eigenvalue weighted by Crippen LogP contribution is 2.22. The number of benzene rings is 1. The second-order valence-electron chi connectivity index (χ2n) is 4.25. The molecule has 5 heteroatoms. The number of nitrogens with two attached hydrogens (primary N) is 1. The third kappa shape index (κ3) is 3.29. The summed E-state index contributed by atoms with van der Waals surface area (Å²) >= 11 is 6.16. The summed E-state index contributed by atoms with van der Waals surface area (Å²) in [6, 6.07) is 11.1. The van der Waals surface area contributed by atoms with Crippen LogP contribution in [0.25, 0.3) is 0 Å². The van der Waals surface area contributed by atoms with E-state index in [1.165, 1.54) is 0 Å². The van der Waals surface area contributed by atoms with Gasteiger partial charge in [0.1, 0.15) is 5.82 Å². The lowest BCUT2D eigenvalue weighted by Gasteiger charge is -2.19. The molecule has 0 radical (unpaired) electrons. The summed E-state index contributed by atoms with van der Waals surface area (Å²) in [5.41, 5.74) is 7.44. The Morgan fingerprint density at radius 2 is 2.11 bits per heavy atom. The van der Waals surface area contributed by atoms with Crippen LogP contribution in [-0.2, 0) is 6.54 Å². The Kier molecular flexibility index (Phi) is 4.12. The first-order valence-corrected chi connectivity index (χ1v) is 6.24. The van der Waals surface area contributed by atoms with Crippen molar-refractivity contribution in [1.29, 1.82) is 0 Å². The van der Waals surface area contributed by atoms with Crippen molar-refractivity contribution >= 4 is 23.1 Å². The molecule has 0 spiro atoms. The second-order valence-corrected chi connectivity index (χ2v) is 4.65. The Bertz CT molecular complexity index is 574. The van der Waals surface area contributed by atoms with E-state index in [-0.39, 0.29) is 0 Å². The van der Waals surface area contributed by atoms with Gasteiger partial charge in [0.2, 0.25) is 5.88 Å². The summed E-state index contributed by atoms with van der Waals surface area (Å²) in [7, 11) is 3.54. The predicted molar refractivity (Wildman–Crippen MR) is 78.8 cm³/mol. The van der Waals surface area contributed by atoms with Gasteiger partial charge in [-0.05, 0) is 29.8 Å². The van der Waals surface area contributed by atoms with E-state index in [0.717, 1.165) is 11.4 Å². The number of hydrogen-bond donors (Lipinski definition) is 1. The molecule has 0 aliphatic rings. The molecule has 0 atom stereocenters. The summed E-state index contributed by atoms with van der Waals surface area (Å²) in [5.74, 6) is 1.40. The number of methoxy groups -OCH3 is 1. The Balaban J connectivity index is 2.20. The smallest absolute Gasteiger partial charge is 0.214 e. The molecule has 2 N–H and O–H groups in total. The highest BCUT2D eigenvalue weighted by molar-refractivity contribution is 6.31. The van der Waals surface area contributed by atoms with Crippen LogP contribution >= 0.6 is 11.6 Å². The van der Waals surface area contributed by atoms with E-state index < -0.39 is 0 Å². The molecule has 0 amide bonds. The first-order chi connectivity index (χ1) is 9.10. The van der Waals surface area contributed by atoms with Gasteiger partial charge in [-0.3, -0.25) is 0 Å². The maximum atomic E-state index is 6.16. The minimum absolute atomic E-state index is 0.586. The summed E-state index contributed by atoms with van der Waals surface area (Å²) in [6.07, 6.45) is 0. The summed E-state index contributed by atoms with van der Waals surface area (Å²) in [6.45, 7) is 0.629. The summed E-state index contributed by atoms with van der Waals surface area (Å²) in [4.78, 5) is 6.36. The van der Waals surface area contributed by atoms with Crippen molar-refractivity contribution in [3.63, 3.8) is 0 Å². The van der Waals surface area contributed by atoms with E-state index in [1.807, 2.05) is 36.2 Å². The first kappa shape index (κ1) is 13.5. The third-order valence-corrected chi connectivity index (χ3v) is 3.16. The number of nitrogen functional groups attached to an aromatic ring is 1. The third-order valence-electron chi connectivity index (χ3n) is 2.79. The lowest BCUT2D eigenvalue weighted by atomic mass is 10.2. The van der Waals surface area contributed by atoms with Crippen LogP contribution in [0.5, 0.6) is 5.88 Å². The van der Waals surface area contributed by atoms with E-state index in [4.69, 9.17) is 22.1 Å². The van der Waals surface area contributed by atoms with Gasteiger partial charge < -0.3 is 15.4 Å². The Hall–Kier alpha value is -1.94. The van der Waals surface area contributed by atoms with Crippen molar-refractivity contribution < 1.29 is 4.74 Å². The van der Waals surface area contributed by atoms with Gasteiger partial charge in [0.05, 0.1) is 7.11 Å². The van der Waals surface area contributed by atoms with E-state index in [0.29, 0.717) is 23.1 Å². The number of rotatable bonds is 4. The molecule has 100 valence electrons. The molecule has 0 aliphatic carbocycles. The highest BCUT2D eigenvalue weighted by Gasteiger charge is 2.08. The maximum Gasteiger partial charge on any atom is 0.214 e. The zero-order valence-electron chi connectivity index (χ0n) is 10.9. The molecule has 0 aliphatic heterocycles. The topological polar surface area (TPSA) is 51.4 Å². The molecule has 2 rings (SSSR count). The molecule has 1 aromatic carbocycles. The Morgan fingerprint density at radius 1 is 1.32 bits per heavy atom. The molecule has 0 unspecified atom stereocenters. The van der Waals surface area contributed by atoms with Crippen molar-refractivity contribution in [3.05, 3.63) is 47.0 Å². The van der Waals surface area contributed by atoms with Gasteiger partial charge in [0.25, 0.3) is 0 Å². The van der Waals surface area contributed by atoms with Crippen LogP contribution in [0.15, 0.2) is 36.4 Å². The number of anilines is 2. The van der Waals surface area contributed by atoms with Crippen LogP contribution < -0.4 is 15.4 Å². The highest BCUT2D eigenvalue weighted by atomic mass is 35.5. The van der Waals surface area contributed by atoms with E-state index >= 15 is 0 Å². The van der Waals surface area contributed by atoms with Crippen LogP contribution in [0.1, 0.15) is 5.56 Å². The molecular formula is C14H16ClN3O. The van der Waals surface area contributed by atoms with Gasteiger partial charge in [0.15, 0.2) is 0 Å². The standard InChI is InChI=1S/C14H16ClN3O/c1-18(13-4-3-5-14(17-13)19-2)9-10-8-11(16)6-7-12(10)15/h3-8H,9,16H2,1-2H3. The van der Waals surface area contributed by atoms with Gasteiger partial charge >= 0.3 is 0 Å². The molecule has 1 aromatic heterocycles. The largest absolute Gasteiger partial charge is 0.481 e.